The van der Waals surface area contributed by atoms with Crippen molar-refractivity contribution >= 4 is 11.9 Å². The molecule has 0 radical (unpaired) electrons. The predicted octanol–water partition coefficient (Wildman–Crippen LogP) is 1.35. The van der Waals surface area contributed by atoms with Crippen molar-refractivity contribution in [2.45, 2.75) is 6.42 Å². The summed E-state index contributed by atoms with van der Waals surface area (Å²) < 4.78 is 13.2. The van der Waals surface area contributed by atoms with Gasteiger partial charge in [0.05, 0.1) is 11.1 Å². The van der Waals surface area contributed by atoms with Gasteiger partial charge >= 0.3 is 11.9 Å². The first-order chi connectivity index (χ1) is 7.50. The fourth-order valence-electron chi connectivity index (χ4n) is 0.965. The summed E-state index contributed by atoms with van der Waals surface area (Å²) in [5.41, 5.74) is -0.201. The molecule has 2 N–H and O–H groups in total. The van der Waals surface area contributed by atoms with Crippen molar-refractivity contribution in [2.24, 2.45) is 0 Å². The average Bonchev–Trinajstić information content (AvgIpc) is 2.19. The fourth-order valence-corrected chi connectivity index (χ4v) is 0.965. The van der Waals surface area contributed by atoms with E-state index >= 15 is 0 Å². The predicted molar refractivity (Wildman–Crippen MR) is 52.5 cm³/mol. The molecule has 0 spiro atoms. The molecule has 1 aromatic carbocycles. The van der Waals surface area contributed by atoms with E-state index in [1.54, 1.807) is 0 Å². The van der Waals surface area contributed by atoms with E-state index in [0.29, 0.717) is 0 Å². The summed E-state index contributed by atoms with van der Waals surface area (Å²) in [6, 6.07) is 3.25. The molecular formula is C11H7FO4. The minimum Gasteiger partial charge on any atom is -0.481 e. The smallest absolute Gasteiger partial charge is 0.335 e. The lowest BCUT2D eigenvalue weighted by atomic mass is 10.1. The van der Waals surface area contributed by atoms with Crippen molar-refractivity contribution in [3.8, 4) is 11.8 Å². The van der Waals surface area contributed by atoms with Crippen molar-refractivity contribution in [1.82, 2.24) is 0 Å². The second-order valence-electron chi connectivity index (χ2n) is 2.87. The van der Waals surface area contributed by atoms with Gasteiger partial charge < -0.3 is 10.2 Å². The Labute approximate surface area is 90.3 Å². The Kier molecular flexibility index (Phi) is 3.62. The molecule has 0 unspecified atom stereocenters. The van der Waals surface area contributed by atoms with Crippen LogP contribution in [0.5, 0.6) is 0 Å². The van der Waals surface area contributed by atoms with Gasteiger partial charge in [0.15, 0.2) is 0 Å². The molecule has 0 aliphatic heterocycles. The van der Waals surface area contributed by atoms with Gasteiger partial charge in [0, 0.05) is 0 Å². The van der Waals surface area contributed by atoms with Crippen LogP contribution in [0.4, 0.5) is 4.39 Å². The van der Waals surface area contributed by atoms with Gasteiger partial charge in [0.1, 0.15) is 12.2 Å². The van der Waals surface area contributed by atoms with Crippen LogP contribution in [0.1, 0.15) is 22.3 Å². The summed E-state index contributed by atoms with van der Waals surface area (Å²) in [5.74, 6) is 1.45. The molecule has 16 heavy (non-hydrogen) atoms. The molecule has 0 bridgehead atoms. The van der Waals surface area contributed by atoms with Crippen LogP contribution in [0.2, 0.25) is 0 Å². The molecular weight excluding hydrogens is 215 g/mol. The molecule has 0 atom stereocenters. The quantitative estimate of drug-likeness (QED) is 0.740. The van der Waals surface area contributed by atoms with Crippen LogP contribution in [-0.4, -0.2) is 22.2 Å². The van der Waals surface area contributed by atoms with Gasteiger partial charge in [-0.1, -0.05) is 11.8 Å². The third kappa shape index (κ3) is 3.10. The van der Waals surface area contributed by atoms with E-state index in [1.807, 2.05) is 0 Å². The molecule has 0 aromatic heterocycles. The average molecular weight is 222 g/mol. The molecule has 0 aliphatic carbocycles. The summed E-state index contributed by atoms with van der Waals surface area (Å²) in [6.07, 6.45) is -0.389. The summed E-state index contributed by atoms with van der Waals surface area (Å²) in [5, 5.41) is 16.9. The molecule has 0 heterocycles. The molecule has 5 heteroatoms. The fraction of sp³-hybridized carbons (Fsp3) is 0.0909. The summed E-state index contributed by atoms with van der Waals surface area (Å²) in [7, 11) is 0. The highest BCUT2D eigenvalue weighted by Crippen LogP contribution is 2.09. The van der Waals surface area contributed by atoms with E-state index in [2.05, 4.69) is 11.8 Å². The van der Waals surface area contributed by atoms with Crippen LogP contribution < -0.4 is 0 Å². The van der Waals surface area contributed by atoms with E-state index in [0.717, 1.165) is 6.07 Å². The van der Waals surface area contributed by atoms with Crippen LogP contribution in [0.15, 0.2) is 18.2 Å². The van der Waals surface area contributed by atoms with Crippen LogP contribution in [0.3, 0.4) is 0 Å². The van der Waals surface area contributed by atoms with E-state index in [9.17, 15) is 14.0 Å². The Morgan fingerprint density at radius 3 is 2.50 bits per heavy atom. The Hall–Kier alpha value is -2.35. The summed E-state index contributed by atoms with van der Waals surface area (Å²) in [4.78, 5) is 20.6. The minimum atomic E-state index is -1.23. The number of aliphatic carboxylic acids is 1. The lowest BCUT2D eigenvalue weighted by Crippen LogP contribution is -1.98. The van der Waals surface area contributed by atoms with Crippen molar-refractivity contribution < 1.29 is 24.2 Å². The van der Waals surface area contributed by atoms with Gasteiger partial charge in [-0.15, -0.1) is 0 Å². The van der Waals surface area contributed by atoms with Crippen LogP contribution >= 0.6 is 0 Å². The number of carboxylic acid groups (broad SMARTS) is 2. The number of rotatable bonds is 2. The molecule has 4 nitrogen and oxygen atoms in total. The number of aromatic carboxylic acids is 1. The molecule has 0 saturated carbocycles. The van der Waals surface area contributed by atoms with Crippen LogP contribution in [0, 0.1) is 17.7 Å². The maximum atomic E-state index is 13.2. The Morgan fingerprint density at radius 2 is 2.00 bits per heavy atom. The van der Waals surface area contributed by atoms with Crippen LogP contribution in [-0.2, 0) is 4.79 Å². The van der Waals surface area contributed by atoms with E-state index in [1.165, 1.54) is 12.1 Å². The highest BCUT2D eigenvalue weighted by molar-refractivity contribution is 5.87. The molecule has 1 aromatic rings. The second kappa shape index (κ2) is 4.94. The van der Waals surface area contributed by atoms with Gasteiger partial charge in [0.2, 0.25) is 0 Å². The first-order valence-corrected chi connectivity index (χ1v) is 4.24. The highest BCUT2D eigenvalue weighted by atomic mass is 19.1. The van der Waals surface area contributed by atoms with E-state index in [4.69, 9.17) is 10.2 Å². The van der Waals surface area contributed by atoms with E-state index < -0.39 is 17.8 Å². The maximum Gasteiger partial charge on any atom is 0.335 e. The Morgan fingerprint density at radius 1 is 1.31 bits per heavy atom. The highest BCUT2D eigenvalue weighted by Gasteiger charge is 2.06. The number of carbonyl (C=O) groups is 2. The Balaban J connectivity index is 2.94. The number of benzene rings is 1. The largest absolute Gasteiger partial charge is 0.481 e. The van der Waals surface area contributed by atoms with Crippen LogP contribution in [0.25, 0.3) is 0 Å². The number of carboxylic acids is 2. The lowest BCUT2D eigenvalue weighted by molar-refractivity contribution is -0.135. The molecule has 1 rings (SSSR count). The second-order valence-corrected chi connectivity index (χ2v) is 2.87. The first kappa shape index (κ1) is 11.7. The van der Waals surface area contributed by atoms with Crippen molar-refractivity contribution in [3.63, 3.8) is 0 Å². The van der Waals surface area contributed by atoms with Gasteiger partial charge in [-0.2, -0.15) is 0 Å². The van der Waals surface area contributed by atoms with Gasteiger partial charge in [-0.05, 0) is 18.2 Å². The maximum absolute atomic E-state index is 13.2. The zero-order chi connectivity index (χ0) is 12.1. The third-order valence-electron chi connectivity index (χ3n) is 1.68. The molecule has 0 fully saturated rings. The molecule has 0 aliphatic rings. The standard InChI is InChI=1S/C11H7FO4/c12-9-6-8(11(15)16)5-4-7(9)2-1-3-10(13)14/h4-6H,3H2,(H,13,14)(H,15,16). The summed E-state index contributed by atoms with van der Waals surface area (Å²) >= 11 is 0. The zero-order valence-corrected chi connectivity index (χ0v) is 8.03. The van der Waals surface area contributed by atoms with Gasteiger partial charge in [0.25, 0.3) is 0 Å². The van der Waals surface area contributed by atoms with Gasteiger partial charge in [-0.25, -0.2) is 9.18 Å². The number of hydrogen-bond acceptors (Lipinski definition) is 2. The van der Waals surface area contributed by atoms with Crippen molar-refractivity contribution in [3.05, 3.63) is 35.1 Å². The zero-order valence-electron chi connectivity index (χ0n) is 8.03. The summed E-state index contributed by atoms with van der Waals surface area (Å²) in [6.45, 7) is 0. The monoisotopic (exact) mass is 222 g/mol. The van der Waals surface area contributed by atoms with Crippen molar-refractivity contribution in [2.75, 3.05) is 0 Å². The molecule has 0 saturated heterocycles. The first-order valence-electron chi connectivity index (χ1n) is 4.24. The number of hydrogen-bond donors (Lipinski definition) is 2. The van der Waals surface area contributed by atoms with Gasteiger partial charge in [-0.3, -0.25) is 4.79 Å². The lowest BCUT2D eigenvalue weighted by Gasteiger charge is -1.96. The van der Waals surface area contributed by atoms with Crippen molar-refractivity contribution in [1.29, 1.82) is 0 Å². The molecule has 0 amide bonds. The Bertz CT molecular complexity index is 496. The minimum absolute atomic E-state index is 0.0220. The third-order valence-corrected chi connectivity index (χ3v) is 1.68. The van der Waals surface area contributed by atoms with E-state index in [-0.39, 0.29) is 17.5 Å². The topological polar surface area (TPSA) is 74.6 Å². The SMILES string of the molecule is O=C(O)CC#Cc1ccc(C(=O)O)cc1F. The normalized spacial score (nSPS) is 9.06. The molecule has 82 valence electrons. The number of halogens is 1.